The minimum Gasteiger partial charge on any atom is -0.0742 e. The van der Waals surface area contributed by atoms with Crippen LogP contribution in [0.4, 0.5) is 0 Å². The standard InChI is InChI=1S/C10H14S3/c1-3-5-11-7-9-13-10-8-12-6-4-2/h3-6H2,1-2H3. The Morgan fingerprint density at radius 3 is 1.62 bits per heavy atom. The molecule has 0 N–H and O–H groups in total. The smallest absolute Gasteiger partial charge is 0.0152 e. The van der Waals surface area contributed by atoms with Crippen molar-refractivity contribution >= 4 is 35.3 Å². The van der Waals surface area contributed by atoms with Gasteiger partial charge in [-0.1, -0.05) is 37.4 Å². The van der Waals surface area contributed by atoms with Crippen LogP contribution in [-0.2, 0) is 0 Å². The van der Waals surface area contributed by atoms with Crippen LogP contribution in [0, 0.1) is 21.0 Å². The van der Waals surface area contributed by atoms with Crippen molar-refractivity contribution in [1.82, 2.24) is 0 Å². The summed E-state index contributed by atoms with van der Waals surface area (Å²) in [6.45, 7) is 4.31. The Morgan fingerprint density at radius 2 is 1.23 bits per heavy atom. The summed E-state index contributed by atoms with van der Waals surface area (Å²) in [5.41, 5.74) is 0. The van der Waals surface area contributed by atoms with E-state index in [-0.39, 0.29) is 0 Å². The molecule has 0 unspecified atom stereocenters. The molecule has 0 aliphatic heterocycles. The molecule has 0 saturated heterocycles. The van der Waals surface area contributed by atoms with Crippen molar-refractivity contribution in [2.75, 3.05) is 11.5 Å². The topological polar surface area (TPSA) is 0 Å². The Balaban J connectivity index is 3.28. The first-order valence-electron chi connectivity index (χ1n) is 4.31. The molecule has 72 valence electrons. The molecule has 3 heteroatoms. The molecule has 0 bridgehead atoms. The van der Waals surface area contributed by atoms with Crippen LogP contribution in [0.15, 0.2) is 0 Å². The highest BCUT2D eigenvalue weighted by molar-refractivity contribution is 8.11. The first-order chi connectivity index (χ1) is 6.41. The molecule has 0 fully saturated rings. The SMILES string of the molecule is CCCSC#CSC#CSCCC. The molecule has 0 nitrogen and oxygen atoms in total. The van der Waals surface area contributed by atoms with Crippen molar-refractivity contribution in [2.45, 2.75) is 26.7 Å². The Hall–Kier alpha value is 0.170. The fourth-order valence-corrected chi connectivity index (χ4v) is 1.90. The quantitative estimate of drug-likeness (QED) is 0.532. The van der Waals surface area contributed by atoms with Gasteiger partial charge in [-0.3, -0.25) is 0 Å². The molecule has 0 aliphatic carbocycles. The van der Waals surface area contributed by atoms with Crippen LogP contribution < -0.4 is 0 Å². The summed E-state index contributed by atoms with van der Waals surface area (Å²) in [6, 6.07) is 0. The summed E-state index contributed by atoms with van der Waals surface area (Å²) in [7, 11) is 0. The molecular formula is C10H14S3. The molecule has 0 saturated carbocycles. The normalized spacial score (nSPS) is 8.15. The lowest BCUT2D eigenvalue weighted by molar-refractivity contribution is 1.11. The lowest BCUT2D eigenvalue weighted by Crippen LogP contribution is -1.66. The van der Waals surface area contributed by atoms with Crippen molar-refractivity contribution in [1.29, 1.82) is 0 Å². The molecule has 0 aliphatic rings. The molecule has 0 rings (SSSR count). The van der Waals surface area contributed by atoms with E-state index in [9.17, 15) is 0 Å². The van der Waals surface area contributed by atoms with Gasteiger partial charge in [-0.05, 0) is 33.9 Å². The maximum absolute atomic E-state index is 3.00. The van der Waals surface area contributed by atoms with Gasteiger partial charge in [-0.2, -0.15) is 0 Å². The number of thioether (sulfide) groups is 3. The summed E-state index contributed by atoms with van der Waals surface area (Å²) in [6.07, 6.45) is 2.37. The maximum Gasteiger partial charge on any atom is 0.0152 e. The Bertz CT molecular complexity index is 190. The zero-order valence-electron chi connectivity index (χ0n) is 8.05. The van der Waals surface area contributed by atoms with Crippen LogP contribution in [0.5, 0.6) is 0 Å². The van der Waals surface area contributed by atoms with Gasteiger partial charge in [0.2, 0.25) is 0 Å². The molecule has 0 aromatic heterocycles. The van der Waals surface area contributed by atoms with Crippen LogP contribution >= 0.6 is 35.3 Å². The van der Waals surface area contributed by atoms with Crippen molar-refractivity contribution < 1.29 is 0 Å². The van der Waals surface area contributed by atoms with E-state index >= 15 is 0 Å². The van der Waals surface area contributed by atoms with Gasteiger partial charge in [0.25, 0.3) is 0 Å². The molecule has 13 heavy (non-hydrogen) atoms. The Morgan fingerprint density at radius 1 is 0.769 bits per heavy atom. The van der Waals surface area contributed by atoms with Gasteiger partial charge in [0.15, 0.2) is 0 Å². The second-order valence-corrected chi connectivity index (χ2v) is 4.62. The predicted octanol–water partition coefficient (Wildman–Crippen LogP) is 3.84. The van der Waals surface area contributed by atoms with Gasteiger partial charge in [-0.15, -0.1) is 0 Å². The van der Waals surface area contributed by atoms with Gasteiger partial charge >= 0.3 is 0 Å². The van der Waals surface area contributed by atoms with Crippen molar-refractivity contribution in [3.63, 3.8) is 0 Å². The first-order valence-corrected chi connectivity index (χ1v) is 7.10. The lowest BCUT2D eigenvalue weighted by atomic mass is 10.6. The fraction of sp³-hybridized carbons (Fsp3) is 0.600. The second-order valence-electron chi connectivity index (χ2n) is 2.21. The third kappa shape index (κ3) is 12.2. The lowest BCUT2D eigenvalue weighted by Gasteiger charge is -1.82. The molecule has 0 atom stereocenters. The Kier molecular flexibility index (Phi) is 12.3. The average molecular weight is 230 g/mol. The summed E-state index contributed by atoms with van der Waals surface area (Å²) >= 11 is 4.72. The van der Waals surface area contributed by atoms with Gasteiger partial charge in [0.1, 0.15) is 0 Å². The highest BCUT2D eigenvalue weighted by atomic mass is 32.2. The molecule has 0 amide bonds. The van der Waals surface area contributed by atoms with E-state index < -0.39 is 0 Å². The zero-order chi connectivity index (χ0) is 9.78. The third-order valence-corrected chi connectivity index (χ3v) is 3.33. The average Bonchev–Trinajstić information content (AvgIpc) is 2.16. The van der Waals surface area contributed by atoms with Crippen molar-refractivity contribution in [2.24, 2.45) is 0 Å². The van der Waals surface area contributed by atoms with E-state index in [1.165, 1.54) is 24.6 Å². The van der Waals surface area contributed by atoms with Crippen LogP contribution in [0.3, 0.4) is 0 Å². The summed E-state index contributed by atoms with van der Waals surface area (Å²) in [5.74, 6) is 2.23. The molecule has 0 radical (unpaired) electrons. The molecule has 0 aromatic carbocycles. The van der Waals surface area contributed by atoms with E-state index in [1.54, 1.807) is 23.5 Å². The highest BCUT2D eigenvalue weighted by Gasteiger charge is 1.77. The van der Waals surface area contributed by atoms with Crippen molar-refractivity contribution in [3.05, 3.63) is 0 Å². The molecular weight excluding hydrogens is 216 g/mol. The molecule has 0 heterocycles. The van der Waals surface area contributed by atoms with E-state index in [2.05, 4.69) is 34.9 Å². The Labute approximate surface area is 94.4 Å². The molecule has 0 spiro atoms. The predicted molar refractivity (Wildman–Crippen MR) is 68.6 cm³/mol. The minimum atomic E-state index is 1.12. The van der Waals surface area contributed by atoms with Crippen molar-refractivity contribution in [3.8, 4) is 21.0 Å². The van der Waals surface area contributed by atoms with Gasteiger partial charge in [0.05, 0.1) is 0 Å². The summed E-state index contributed by atoms with van der Waals surface area (Å²) < 4.78 is 0. The van der Waals surface area contributed by atoms with E-state index in [0.717, 1.165) is 11.5 Å². The minimum absolute atomic E-state index is 1.12. The largest absolute Gasteiger partial charge is 0.0742 e. The highest BCUT2D eigenvalue weighted by Crippen LogP contribution is 2.03. The monoisotopic (exact) mass is 230 g/mol. The van der Waals surface area contributed by atoms with Gasteiger partial charge in [0, 0.05) is 23.3 Å². The first kappa shape index (κ1) is 13.2. The van der Waals surface area contributed by atoms with Gasteiger partial charge in [-0.25, -0.2) is 0 Å². The van der Waals surface area contributed by atoms with E-state index in [1.807, 2.05) is 0 Å². The van der Waals surface area contributed by atoms with E-state index in [4.69, 9.17) is 0 Å². The summed E-state index contributed by atoms with van der Waals surface area (Å²) in [5, 5.41) is 11.9. The summed E-state index contributed by atoms with van der Waals surface area (Å²) in [4.78, 5) is 0. The van der Waals surface area contributed by atoms with Crippen LogP contribution in [0.2, 0.25) is 0 Å². The van der Waals surface area contributed by atoms with Crippen LogP contribution in [-0.4, -0.2) is 11.5 Å². The second kappa shape index (κ2) is 12.2. The van der Waals surface area contributed by atoms with Gasteiger partial charge < -0.3 is 0 Å². The number of hydrogen-bond donors (Lipinski definition) is 0. The third-order valence-electron chi connectivity index (χ3n) is 0.942. The molecule has 0 aromatic rings. The zero-order valence-corrected chi connectivity index (χ0v) is 10.5. The van der Waals surface area contributed by atoms with E-state index in [0.29, 0.717) is 0 Å². The van der Waals surface area contributed by atoms with Crippen LogP contribution in [0.1, 0.15) is 26.7 Å². The van der Waals surface area contributed by atoms with Crippen LogP contribution in [0.25, 0.3) is 0 Å². The number of rotatable bonds is 4. The fourth-order valence-electron chi connectivity index (χ4n) is 0.432. The number of hydrogen-bond acceptors (Lipinski definition) is 3. The maximum atomic E-state index is 3.00.